The Bertz CT molecular complexity index is 330. The summed E-state index contributed by atoms with van der Waals surface area (Å²) in [4.78, 5) is 3.24. The van der Waals surface area contributed by atoms with Crippen molar-refractivity contribution in [3.8, 4) is 0 Å². The van der Waals surface area contributed by atoms with E-state index in [0.717, 1.165) is 0 Å². The van der Waals surface area contributed by atoms with E-state index >= 15 is 0 Å². The van der Waals surface area contributed by atoms with Crippen molar-refractivity contribution in [2.75, 3.05) is 0 Å². The molecule has 1 aromatic rings. The van der Waals surface area contributed by atoms with Gasteiger partial charge in [0.1, 0.15) is 0 Å². The summed E-state index contributed by atoms with van der Waals surface area (Å²) >= 11 is 0. The molecule has 0 radical (unpaired) electrons. The molecule has 0 saturated heterocycles. The van der Waals surface area contributed by atoms with E-state index in [0.29, 0.717) is 16.7 Å². The Labute approximate surface area is 71.2 Å². The second-order valence-electron chi connectivity index (χ2n) is 2.48. The van der Waals surface area contributed by atoms with Gasteiger partial charge in [0.2, 0.25) is 0 Å². The molecule has 60 valence electrons. The van der Waals surface area contributed by atoms with Crippen molar-refractivity contribution >= 4 is 18.3 Å². The van der Waals surface area contributed by atoms with Crippen LogP contribution in [0.25, 0.3) is 4.85 Å². The number of nitrogens with zero attached hydrogens (tertiary/aromatic N) is 1. The Morgan fingerprint density at radius 2 is 2.08 bits per heavy atom. The molecule has 0 aromatic heterocycles. The van der Waals surface area contributed by atoms with Crippen molar-refractivity contribution in [3.05, 3.63) is 35.2 Å². The molecule has 1 rings (SSSR count). The van der Waals surface area contributed by atoms with Gasteiger partial charge < -0.3 is 10.0 Å². The summed E-state index contributed by atoms with van der Waals surface area (Å²) < 4.78 is 0. The maximum absolute atomic E-state index is 8.88. The molecule has 0 bridgehead atoms. The lowest BCUT2D eigenvalue weighted by Crippen LogP contribution is -2.31. The second-order valence-corrected chi connectivity index (χ2v) is 2.48. The molecule has 0 aliphatic carbocycles. The Kier molecular flexibility index (Phi) is 2.49. The third-order valence-corrected chi connectivity index (χ3v) is 1.75. The molecule has 1 aromatic carbocycles. The normalized spacial score (nSPS) is 9.17. The fourth-order valence-electron chi connectivity index (χ4n) is 1.04. The number of hydrogen-bond acceptors (Lipinski definition) is 2. The van der Waals surface area contributed by atoms with E-state index < -0.39 is 7.12 Å². The van der Waals surface area contributed by atoms with Gasteiger partial charge in [-0.15, -0.1) is 0 Å². The van der Waals surface area contributed by atoms with Gasteiger partial charge in [0.25, 0.3) is 0 Å². The van der Waals surface area contributed by atoms with Crippen molar-refractivity contribution in [3.63, 3.8) is 0 Å². The molecule has 12 heavy (non-hydrogen) atoms. The first-order chi connectivity index (χ1) is 5.66. The summed E-state index contributed by atoms with van der Waals surface area (Å²) in [5.41, 5.74) is 1.48. The summed E-state index contributed by atoms with van der Waals surface area (Å²) in [7, 11) is -1.49. The van der Waals surface area contributed by atoms with Gasteiger partial charge in [-0.1, -0.05) is 18.2 Å². The van der Waals surface area contributed by atoms with Crippen LogP contribution in [0.15, 0.2) is 18.2 Å². The van der Waals surface area contributed by atoms with Gasteiger partial charge in [-0.2, -0.15) is 0 Å². The van der Waals surface area contributed by atoms with Gasteiger partial charge in [-0.25, -0.2) is 4.85 Å². The highest BCUT2D eigenvalue weighted by Gasteiger charge is 2.14. The highest BCUT2D eigenvalue weighted by Crippen LogP contribution is 2.15. The van der Waals surface area contributed by atoms with Crippen molar-refractivity contribution in [1.29, 1.82) is 0 Å². The average molecular weight is 161 g/mol. The quantitative estimate of drug-likeness (QED) is 0.457. The number of rotatable bonds is 1. The van der Waals surface area contributed by atoms with Gasteiger partial charge in [-0.05, 0) is 17.9 Å². The van der Waals surface area contributed by atoms with Crippen LogP contribution < -0.4 is 5.46 Å². The molecular formula is C8H8BNO2. The molecule has 0 unspecified atom stereocenters. The largest absolute Gasteiger partial charge is 0.487 e. The van der Waals surface area contributed by atoms with Crippen LogP contribution in [-0.2, 0) is 0 Å². The highest BCUT2D eigenvalue weighted by atomic mass is 16.4. The maximum Gasteiger partial charge on any atom is 0.487 e. The summed E-state index contributed by atoms with van der Waals surface area (Å²) in [6.07, 6.45) is 0. The molecule has 0 amide bonds. The van der Waals surface area contributed by atoms with E-state index in [1.54, 1.807) is 25.1 Å². The van der Waals surface area contributed by atoms with E-state index in [1.165, 1.54) is 0 Å². The van der Waals surface area contributed by atoms with E-state index in [1.807, 2.05) is 0 Å². The Hall–Kier alpha value is -1.31. The molecule has 0 fully saturated rings. The van der Waals surface area contributed by atoms with Gasteiger partial charge in [0.15, 0.2) is 5.69 Å². The number of hydrogen-bond donors (Lipinski definition) is 2. The maximum atomic E-state index is 8.88. The standard InChI is InChI=1S/C8H8BNO2/c1-6-7(9(11)12)4-3-5-8(6)10-2/h3-5,11-12H,1H3. The van der Waals surface area contributed by atoms with Crippen LogP contribution in [-0.4, -0.2) is 17.2 Å². The van der Waals surface area contributed by atoms with Crippen LogP contribution in [0.5, 0.6) is 0 Å². The van der Waals surface area contributed by atoms with Crippen LogP contribution >= 0.6 is 0 Å². The predicted molar refractivity (Wildman–Crippen MR) is 47.3 cm³/mol. The molecule has 0 heterocycles. The topological polar surface area (TPSA) is 44.8 Å². The smallest absolute Gasteiger partial charge is 0.423 e. The van der Waals surface area contributed by atoms with Crippen LogP contribution in [0, 0.1) is 13.5 Å². The van der Waals surface area contributed by atoms with Crippen molar-refractivity contribution in [1.82, 2.24) is 0 Å². The molecule has 2 N–H and O–H groups in total. The monoisotopic (exact) mass is 161 g/mol. The lowest BCUT2D eigenvalue weighted by molar-refractivity contribution is 0.425. The zero-order chi connectivity index (χ0) is 9.14. The fraction of sp³-hybridized carbons (Fsp3) is 0.125. The Balaban J connectivity index is 3.25. The average Bonchev–Trinajstić information content (AvgIpc) is 2.04. The molecule has 0 aliphatic heterocycles. The third-order valence-electron chi connectivity index (χ3n) is 1.75. The minimum atomic E-state index is -1.49. The molecule has 0 saturated carbocycles. The van der Waals surface area contributed by atoms with Crippen molar-refractivity contribution < 1.29 is 10.0 Å². The summed E-state index contributed by atoms with van der Waals surface area (Å²) in [6.45, 7) is 8.48. The highest BCUT2D eigenvalue weighted by molar-refractivity contribution is 6.59. The van der Waals surface area contributed by atoms with Gasteiger partial charge in [-0.3, -0.25) is 0 Å². The second kappa shape index (κ2) is 3.39. The van der Waals surface area contributed by atoms with Crippen molar-refractivity contribution in [2.45, 2.75) is 6.92 Å². The van der Waals surface area contributed by atoms with E-state index in [9.17, 15) is 0 Å². The minimum absolute atomic E-state index is 0.392. The number of benzene rings is 1. The van der Waals surface area contributed by atoms with E-state index in [-0.39, 0.29) is 0 Å². The SMILES string of the molecule is [C-]#[N+]c1cccc(B(O)O)c1C. The first-order valence-electron chi connectivity index (χ1n) is 3.50. The molecule has 0 atom stereocenters. The van der Waals surface area contributed by atoms with Crippen LogP contribution in [0.4, 0.5) is 5.69 Å². The summed E-state index contributed by atoms with van der Waals surface area (Å²) in [5, 5.41) is 17.8. The van der Waals surface area contributed by atoms with Gasteiger partial charge in [0, 0.05) is 0 Å². The lowest BCUT2D eigenvalue weighted by atomic mass is 9.77. The van der Waals surface area contributed by atoms with Crippen LogP contribution in [0.3, 0.4) is 0 Å². The molecular weight excluding hydrogens is 153 g/mol. The Morgan fingerprint density at radius 3 is 2.58 bits per heavy atom. The molecule has 0 aliphatic rings. The van der Waals surface area contributed by atoms with E-state index in [4.69, 9.17) is 16.6 Å². The fourth-order valence-corrected chi connectivity index (χ4v) is 1.04. The zero-order valence-electron chi connectivity index (χ0n) is 6.65. The summed E-state index contributed by atoms with van der Waals surface area (Å²) in [6, 6.07) is 4.87. The first-order valence-corrected chi connectivity index (χ1v) is 3.50. The minimum Gasteiger partial charge on any atom is -0.423 e. The molecule has 0 spiro atoms. The van der Waals surface area contributed by atoms with Crippen LogP contribution in [0.1, 0.15) is 5.56 Å². The van der Waals surface area contributed by atoms with Crippen molar-refractivity contribution in [2.24, 2.45) is 0 Å². The van der Waals surface area contributed by atoms with Gasteiger partial charge >= 0.3 is 7.12 Å². The van der Waals surface area contributed by atoms with Crippen LogP contribution in [0.2, 0.25) is 0 Å². The van der Waals surface area contributed by atoms with Gasteiger partial charge in [0.05, 0.1) is 6.57 Å². The lowest BCUT2D eigenvalue weighted by Gasteiger charge is -2.04. The predicted octanol–water partition coefficient (Wildman–Crippen LogP) is 0.226. The Morgan fingerprint density at radius 1 is 1.42 bits per heavy atom. The molecule has 4 heteroatoms. The third kappa shape index (κ3) is 1.47. The van der Waals surface area contributed by atoms with E-state index in [2.05, 4.69) is 4.85 Å². The summed E-state index contributed by atoms with van der Waals surface area (Å²) in [5.74, 6) is 0. The first kappa shape index (κ1) is 8.79. The molecule has 3 nitrogen and oxygen atoms in total. The zero-order valence-corrected chi connectivity index (χ0v) is 6.65.